The predicted octanol–water partition coefficient (Wildman–Crippen LogP) is 0.914. The average molecular weight is 302 g/mol. The molecule has 2 heterocycles. The second-order valence-corrected chi connectivity index (χ2v) is 6.26. The lowest BCUT2D eigenvalue weighted by molar-refractivity contribution is -0.156. The van der Waals surface area contributed by atoms with E-state index in [4.69, 9.17) is 4.74 Å². The maximum absolute atomic E-state index is 12.0. The van der Waals surface area contributed by atoms with Crippen LogP contribution in [0.2, 0.25) is 0 Å². The number of cyclic esters (lactones) is 4. The lowest BCUT2D eigenvalue weighted by atomic mass is 9.60. The first-order chi connectivity index (χ1) is 10.6. The van der Waals surface area contributed by atoms with Gasteiger partial charge in [0.05, 0.1) is 24.2 Å². The van der Waals surface area contributed by atoms with Gasteiger partial charge in [0.15, 0.2) is 0 Å². The quantitative estimate of drug-likeness (QED) is 0.528. The van der Waals surface area contributed by atoms with Crippen molar-refractivity contribution in [3.8, 4) is 0 Å². The smallest absolute Gasteiger partial charge is 0.318 e. The van der Waals surface area contributed by atoms with Gasteiger partial charge in [0, 0.05) is 0 Å². The molecule has 2 aliphatic heterocycles. The Balaban J connectivity index is 1.73. The lowest BCUT2D eigenvalue weighted by Crippen LogP contribution is -2.40. The Morgan fingerprint density at radius 3 is 2.36 bits per heavy atom. The summed E-state index contributed by atoms with van der Waals surface area (Å²) in [6.45, 7) is 0. The molecular weight excluding hydrogens is 288 g/mol. The number of carbonyl (C=O) groups excluding carboxylic acids is 4. The number of esters is 4. The second kappa shape index (κ2) is 4.63. The Labute approximate surface area is 126 Å². The fourth-order valence-electron chi connectivity index (χ4n) is 4.26. The second-order valence-electron chi connectivity index (χ2n) is 6.26. The summed E-state index contributed by atoms with van der Waals surface area (Å²) in [6, 6.07) is 0. The van der Waals surface area contributed by atoms with Crippen LogP contribution in [0.5, 0.6) is 0 Å². The predicted molar refractivity (Wildman–Crippen MR) is 70.7 cm³/mol. The molecule has 0 aromatic carbocycles. The van der Waals surface area contributed by atoms with Crippen molar-refractivity contribution in [1.29, 1.82) is 0 Å². The van der Waals surface area contributed by atoms with Crippen molar-refractivity contribution >= 4 is 23.9 Å². The van der Waals surface area contributed by atoms with E-state index in [0.29, 0.717) is 12.8 Å². The van der Waals surface area contributed by atoms with Gasteiger partial charge in [-0.05, 0) is 24.7 Å². The van der Waals surface area contributed by atoms with Crippen LogP contribution in [-0.2, 0) is 28.7 Å². The monoisotopic (exact) mass is 302 g/mol. The standard InChI is InChI=1S/C16H14O6/c17-12-6-10(14(18)21-12)9-5-11-13(16(20)22-15(11)19)8-4-2-1-3-7(8)9/h1-3,8-11,13H,4-6H2. The molecule has 0 radical (unpaired) electrons. The maximum atomic E-state index is 12.0. The zero-order chi connectivity index (χ0) is 15.4. The molecule has 6 heteroatoms. The first-order valence-electron chi connectivity index (χ1n) is 7.43. The molecule has 22 heavy (non-hydrogen) atoms. The molecule has 0 spiro atoms. The van der Waals surface area contributed by atoms with Crippen molar-refractivity contribution in [2.45, 2.75) is 19.3 Å². The molecule has 5 atom stereocenters. The molecule has 4 aliphatic rings. The Hall–Kier alpha value is -2.24. The van der Waals surface area contributed by atoms with Crippen molar-refractivity contribution in [2.75, 3.05) is 0 Å². The summed E-state index contributed by atoms with van der Waals surface area (Å²) in [6.07, 6.45) is 6.78. The molecule has 5 unspecified atom stereocenters. The van der Waals surface area contributed by atoms with Gasteiger partial charge in [-0.15, -0.1) is 0 Å². The first-order valence-corrected chi connectivity index (χ1v) is 7.43. The number of ether oxygens (including phenoxy) is 2. The third-order valence-electron chi connectivity index (χ3n) is 5.21. The summed E-state index contributed by atoms with van der Waals surface area (Å²) >= 11 is 0. The van der Waals surface area contributed by atoms with Crippen LogP contribution in [0.15, 0.2) is 23.8 Å². The van der Waals surface area contributed by atoms with Crippen molar-refractivity contribution < 1.29 is 28.7 Å². The summed E-state index contributed by atoms with van der Waals surface area (Å²) < 4.78 is 9.46. The molecule has 2 aliphatic carbocycles. The van der Waals surface area contributed by atoms with E-state index in [0.717, 1.165) is 5.57 Å². The number of allylic oxidation sites excluding steroid dienone is 4. The van der Waals surface area contributed by atoms with E-state index in [1.165, 1.54) is 0 Å². The highest BCUT2D eigenvalue weighted by Crippen LogP contribution is 2.52. The zero-order valence-electron chi connectivity index (χ0n) is 11.7. The molecule has 6 nitrogen and oxygen atoms in total. The van der Waals surface area contributed by atoms with Crippen molar-refractivity contribution in [3.05, 3.63) is 23.8 Å². The van der Waals surface area contributed by atoms with Gasteiger partial charge in [-0.2, -0.15) is 0 Å². The molecule has 0 N–H and O–H groups in total. The van der Waals surface area contributed by atoms with Crippen LogP contribution in [0, 0.1) is 29.6 Å². The van der Waals surface area contributed by atoms with Crippen LogP contribution in [-0.4, -0.2) is 23.9 Å². The molecule has 0 aromatic heterocycles. The number of hydrogen-bond donors (Lipinski definition) is 0. The van der Waals surface area contributed by atoms with E-state index < -0.39 is 41.6 Å². The van der Waals surface area contributed by atoms with Gasteiger partial charge in [0.1, 0.15) is 0 Å². The zero-order valence-corrected chi connectivity index (χ0v) is 11.7. The van der Waals surface area contributed by atoms with Gasteiger partial charge in [-0.3, -0.25) is 19.2 Å². The Morgan fingerprint density at radius 1 is 0.864 bits per heavy atom. The maximum Gasteiger partial charge on any atom is 0.318 e. The Bertz CT molecular complexity index is 658. The first kappa shape index (κ1) is 13.4. The van der Waals surface area contributed by atoms with E-state index in [1.54, 1.807) is 0 Å². The third-order valence-corrected chi connectivity index (χ3v) is 5.21. The van der Waals surface area contributed by atoms with Crippen LogP contribution in [0.1, 0.15) is 19.3 Å². The van der Waals surface area contributed by atoms with Crippen molar-refractivity contribution in [3.63, 3.8) is 0 Å². The average Bonchev–Trinajstić information content (AvgIpc) is 2.97. The van der Waals surface area contributed by atoms with E-state index in [9.17, 15) is 19.2 Å². The number of fused-ring (bicyclic) bond motifs is 3. The summed E-state index contributed by atoms with van der Waals surface area (Å²) in [5.41, 5.74) is 0.965. The van der Waals surface area contributed by atoms with Gasteiger partial charge in [-0.25, -0.2) is 0 Å². The molecule has 1 saturated carbocycles. The number of rotatable bonds is 1. The lowest BCUT2D eigenvalue weighted by Gasteiger charge is -2.40. The van der Waals surface area contributed by atoms with E-state index in [-0.39, 0.29) is 18.3 Å². The van der Waals surface area contributed by atoms with Gasteiger partial charge < -0.3 is 9.47 Å². The van der Waals surface area contributed by atoms with Crippen LogP contribution < -0.4 is 0 Å². The summed E-state index contributed by atoms with van der Waals surface area (Å²) in [7, 11) is 0. The SMILES string of the molecule is O=C1CC(C2CC3C(=O)OC(=O)C3C3CC=CC=C23)C(=O)O1. The van der Waals surface area contributed by atoms with E-state index in [1.807, 2.05) is 18.2 Å². The van der Waals surface area contributed by atoms with Crippen molar-refractivity contribution in [1.82, 2.24) is 0 Å². The normalized spacial score (nSPS) is 40.0. The molecule has 0 aromatic rings. The van der Waals surface area contributed by atoms with E-state index >= 15 is 0 Å². The number of hydrogen-bond acceptors (Lipinski definition) is 6. The highest BCUT2D eigenvalue weighted by molar-refractivity contribution is 5.98. The van der Waals surface area contributed by atoms with Gasteiger partial charge >= 0.3 is 23.9 Å². The Kier molecular flexibility index (Phi) is 2.82. The molecule has 3 fully saturated rings. The fraction of sp³-hybridized carbons (Fsp3) is 0.500. The Morgan fingerprint density at radius 2 is 1.64 bits per heavy atom. The van der Waals surface area contributed by atoms with E-state index in [2.05, 4.69) is 4.74 Å². The highest BCUT2D eigenvalue weighted by atomic mass is 16.6. The number of carbonyl (C=O) groups is 4. The minimum Gasteiger partial charge on any atom is -0.393 e. The van der Waals surface area contributed by atoms with Crippen LogP contribution in [0.25, 0.3) is 0 Å². The topological polar surface area (TPSA) is 86.7 Å². The molecule has 4 rings (SSSR count). The van der Waals surface area contributed by atoms with Crippen molar-refractivity contribution in [2.24, 2.45) is 29.6 Å². The summed E-state index contributed by atoms with van der Waals surface area (Å²) in [5, 5.41) is 0. The van der Waals surface area contributed by atoms with Gasteiger partial charge in [-0.1, -0.05) is 23.8 Å². The molecule has 2 saturated heterocycles. The van der Waals surface area contributed by atoms with Crippen LogP contribution >= 0.6 is 0 Å². The third kappa shape index (κ3) is 1.79. The molecule has 114 valence electrons. The van der Waals surface area contributed by atoms with Crippen LogP contribution in [0.4, 0.5) is 0 Å². The largest absolute Gasteiger partial charge is 0.393 e. The summed E-state index contributed by atoms with van der Waals surface area (Å²) in [5.74, 6) is -3.94. The fourth-order valence-corrected chi connectivity index (χ4v) is 4.26. The minimum atomic E-state index is -0.558. The molecule has 0 amide bonds. The van der Waals surface area contributed by atoms with Gasteiger partial charge in [0.25, 0.3) is 0 Å². The van der Waals surface area contributed by atoms with Crippen LogP contribution in [0.3, 0.4) is 0 Å². The highest BCUT2D eigenvalue weighted by Gasteiger charge is 2.56. The molecule has 0 bridgehead atoms. The van der Waals surface area contributed by atoms with Gasteiger partial charge in [0.2, 0.25) is 0 Å². The minimum absolute atomic E-state index is 0.0393. The molecular formula is C16H14O6. The summed E-state index contributed by atoms with van der Waals surface area (Å²) in [4.78, 5) is 47.2.